The molecule has 0 spiro atoms. The maximum Gasteiger partial charge on any atom is 0.231 e. The molecule has 0 atom stereocenters. The second kappa shape index (κ2) is 6.64. The first-order chi connectivity index (χ1) is 9.72. The largest absolute Gasteiger partial charge is 0.368 e. The molecule has 0 aliphatic carbocycles. The van der Waals surface area contributed by atoms with Gasteiger partial charge < -0.3 is 16.0 Å². The summed E-state index contributed by atoms with van der Waals surface area (Å²) in [5.74, 6) is 1.27. The zero-order chi connectivity index (χ0) is 14.4. The molecule has 20 heavy (non-hydrogen) atoms. The Morgan fingerprint density at radius 1 is 1.25 bits per heavy atom. The molecule has 2 rings (SSSR count). The normalized spacial score (nSPS) is 10.5. The third kappa shape index (κ3) is 3.53. The first-order valence-electron chi connectivity index (χ1n) is 6.57. The fourth-order valence-electron chi connectivity index (χ4n) is 1.74. The van der Waals surface area contributed by atoms with Gasteiger partial charge in [-0.15, -0.1) is 5.10 Å². The first-order valence-corrected chi connectivity index (χ1v) is 6.57. The van der Waals surface area contributed by atoms with Crippen molar-refractivity contribution in [3.05, 3.63) is 12.4 Å². The van der Waals surface area contributed by atoms with Gasteiger partial charge in [0.15, 0.2) is 0 Å². The lowest BCUT2D eigenvalue weighted by atomic mass is 10.5. The smallest absolute Gasteiger partial charge is 0.231 e. The fourth-order valence-corrected chi connectivity index (χ4v) is 1.74. The van der Waals surface area contributed by atoms with Crippen LogP contribution in [0, 0.1) is 0 Å². The molecule has 0 bridgehead atoms. The van der Waals surface area contributed by atoms with Crippen LogP contribution in [0.2, 0.25) is 0 Å². The Kier molecular flexibility index (Phi) is 4.64. The minimum absolute atomic E-state index is 0.213. The van der Waals surface area contributed by atoms with Crippen molar-refractivity contribution in [3.8, 4) is 0 Å². The molecule has 0 aliphatic heterocycles. The molecule has 108 valence electrons. The summed E-state index contributed by atoms with van der Waals surface area (Å²) < 4.78 is 1.73. The van der Waals surface area contributed by atoms with E-state index in [1.807, 2.05) is 18.7 Å². The van der Waals surface area contributed by atoms with Crippen molar-refractivity contribution in [2.75, 3.05) is 35.6 Å². The summed E-state index contributed by atoms with van der Waals surface area (Å²) in [6, 6.07) is 0. The third-order valence-electron chi connectivity index (χ3n) is 2.78. The molecule has 9 nitrogen and oxygen atoms in total. The first kappa shape index (κ1) is 14.0. The number of nitrogens with two attached hydrogens (primary N) is 1. The van der Waals surface area contributed by atoms with E-state index in [9.17, 15) is 0 Å². The number of nitrogens with one attached hydrogen (secondary N) is 1. The van der Waals surface area contributed by atoms with Crippen molar-refractivity contribution in [2.24, 2.45) is 0 Å². The average Bonchev–Trinajstić information content (AvgIpc) is 2.93. The van der Waals surface area contributed by atoms with Gasteiger partial charge in [0.25, 0.3) is 0 Å². The number of hydrogen-bond acceptors (Lipinski definition) is 8. The number of rotatable bonds is 7. The zero-order valence-corrected chi connectivity index (χ0v) is 11.7. The Hall–Kier alpha value is -2.45. The molecular weight excluding hydrogens is 258 g/mol. The van der Waals surface area contributed by atoms with Crippen LogP contribution in [0.15, 0.2) is 12.4 Å². The standard InChI is InChI=1S/C11H19N9/c1-3-19(4-2)11-16-9(12)15-10(17-11)13-5-7-20-8-6-14-18-20/h6,8H,3-5,7H2,1-2H3,(H3,12,13,15,16,17). The Balaban J connectivity index is 2.00. The Labute approximate surface area is 117 Å². The Morgan fingerprint density at radius 2 is 2.05 bits per heavy atom. The van der Waals surface area contributed by atoms with Crippen LogP contribution in [0.4, 0.5) is 17.8 Å². The lowest BCUT2D eigenvalue weighted by molar-refractivity contribution is 0.607. The van der Waals surface area contributed by atoms with Crippen molar-refractivity contribution >= 4 is 17.8 Å². The van der Waals surface area contributed by atoms with E-state index in [1.165, 1.54) is 0 Å². The van der Waals surface area contributed by atoms with Gasteiger partial charge in [-0.05, 0) is 13.8 Å². The van der Waals surface area contributed by atoms with E-state index in [1.54, 1.807) is 17.1 Å². The van der Waals surface area contributed by atoms with Gasteiger partial charge in [-0.25, -0.2) is 0 Å². The monoisotopic (exact) mass is 277 g/mol. The van der Waals surface area contributed by atoms with E-state index in [0.29, 0.717) is 25.0 Å². The summed E-state index contributed by atoms with van der Waals surface area (Å²) in [6.45, 7) is 7.02. The SMILES string of the molecule is CCN(CC)c1nc(N)nc(NCCn2ccnn2)n1. The van der Waals surface area contributed by atoms with Crippen molar-refractivity contribution < 1.29 is 0 Å². The third-order valence-corrected chi connectivity index (χ3v) is 2.78. The van der Waals surface area contributed by atoms with Crippen molar-refractivity contribution in [3.63, 3.8) is 0 Å². The van der Waals surface area contributed by atoms with Crippen molar-refractivity contribution in [1.82, 2.24) is 29.9 Å². The number of hydrogen-bond donors (Lipinski definition) is 2. The Bertz CT molecular complexity index is 521. The highest BCUT2D eigenvalue weighted by atomic mass is 15.4. The second-order valence-corrected chi connectivity index (χ2v) is 4.08. The fraction of sp³-hybridized carbons (Fsp3) is 0.545. The molecular formula is C11H19N9. The molecule has 2 heterocycles. The van der Waals surface area contributed by atoms with Gasteiger partial charge in [0.1, 0.15) is 0 Å². The van der Waals surface area contributed by atoms with Gasteiger partial charge in [-0.2, -0.15) is 15.0 Å². The van der Waals surface area contributed by atoms with Gasteiger partial charge in [0.05, 0.1) is 12.7 Å². The topological polar surface area (TPSA) is 111 Å². The summed E-state index contributed by atoms with van der Waals surface area (Å²) in [4.78, 5) is 14.6. The number of aromatic nitrogens is 6. The van der Waals surface area contributed by atoms with Gasteiger partial charge >= 0.3 is 0 Å². The van der Waals surface area contributed by atoms with Crippen molar-refractivity contribution in [1.29, 1.82) is 0 Å². The lowest BCUT2D eigenvalue weighted by Crippen LogP contribution is -2.25. The minimum Gasteiger partial charge on any atom is -0.368 e. The van der Waals surface area contributed by atoms with Crippen LogP contribution in [-0.4, -0.2) is 49.6 Å². The summed E-state index contributed by atoms with van der Waals surface area (Å²) in [7, 11) is 0. The van der Waals surface area contributed by atoms with E-state index in [2.05, 4.69) is 30.6 Å². The van der Waals surface area contributed by atoms with Crippen LogP contribution in [0.1, 0.15) is 13.8 Å². The van der Waals surface area contributed by atoms with Crippen LogP contribution in [0.5, 0.6) is 0 Å². The van der Waals surface area contributed by atoms with E-state index in [-0.39, 0.29) is 5.95 Å². The number of anilines is 3. The lowest BCUT2D eigenvalue weighted by Gasteiger charge is -2.19. The maximum absolute atomic E-state index is 5.72. The highest BCUT2D eigenvalue weighted by Gasteiger charge is 2.09. The summed E-state index contributed by atoms with van der Waals surface area (Å²) in [5, 5.41) is 10.7. The molecule has 0 saturated heterocycles. The molecule has 0 amide bonds. The Morgan fingerprint density at radius 3 is 2.70 bits per heavy atom. The van der Waals surface area contributed by atoms with Gasteiger partial charge in [0, 0.05) is 25.8 Å². The highest BCUT2D eigenvalue weighted by molar-refractivity contribution is 5.41. The average molecular weight is 277 g/mol. The molecule has 0 saturated carbocycles. The number of nitrogen functional groups attached to an aromatic ring is 1. The van der Waals surface area contributed by atoms with Gasteiger partial charge in [0.2, 0.25) is 17.8 Å². The van der Waals surface area contributed by atoms with E-state index in [4.69, 9.17) is 5.73 Å². The molecule has 0 aromatic carbocycles. The molecule has 3 N–H and O–H groups in total. The molecule has 0 aliphatic rings. The number of nitrogens with zero attached hydrogens (tertiary/aromatic N) is 7. The molecule has 2 aromatic rings. The van der Waals surface area contributed by atoms with E-state index < -0.39 is 0 Å². The minimum atomic E-state index is 0.213. The summed E-state index contributed by atoms with van der Waals surface area (Å²) >= 11 is 0. The van der Waals surface area contributed by atoms with Crippen LogP contribution >= 0.6 is 0 Å². The second-order valence-electron chi connectivity index (χ2n) is 4.08. The zero-order valence-electron chi connectivity index (χ0n) is 11.7. The predicted molar refractivity (Wildman–Crippen MR) is 76.3 cm³/mol. The van der Waals surface area contributed by atoms with E-state index >= 15 is 0 Å². The molecule has 2 aromatic heterocycles. The quantitative estimate of drug-likeness (QED) is 0.727. The molecule has 0 unspecified atom stereocenters. The predicted octanol–water partition coefficient (Wildman–Crippen LogP) is 0.00360. The van der Waals surface area contributed by atoms with Crippen LogP contribution < -0.4 is 16.0 Å². The van der Waals surface area contributed by atoms with Gasteiger partial charge in [-0.1, -0.05) is 5.21 Å². The molecule has 0 fully saturated rings. The van der Waals surface area contributed by atoms with Crippen LogP contribution in [0.3, 0.4) is 0 Å². The molecule has 0 radical (unpaired) electrons. The van der Waals surface area contributed by atoms with Crippen molar-refractivity contribution in [2.45, 2.75) is 20.4 Å². The van der Waals surface area contributed by atoms with Crippen LogP contribution in [0.25, 0.3) is 0 Å². The maximum atomic E-state index is 5.72. The summed E-state index contributed by atoms with van der Waals surface area (Å²) in [6.07, 6.45) is 3.43. The summed E-state index contributed by atoms with van der Waals surface area (Å²) in [5.41, 5.74) is 5.72. The molecule has 9 heteroatoms. The van der Waals surface area contributed by atoms with Gasteiger partial charge in [-0.3, -0.25) is 4.68 Å². The van der Waals surface area contributed by atoms with Crippen LogP contribution in [-0.2, 0) is 6.54 Å². The highest BCUT2D eigenvalue weighted by Crippen LogP contribution is 2.11. The van der Waals surface area contributed by atoms with E-state index in [0.717, 1.165) is 13.1 Å².